The van der Waals surface area contributed by atoms with E-state index in [2.05, 4.69) is 5.32 Å². The summed E-state index contributed by atoms with van der Waals surface area (Å²) in [4.78, 5) is 14.4. The lowest BCUT2D eigenvalue weighted by Crippen LogP contribution is -2.34. The lowest BCUT2D eigenvalue weighted by atomic mass is 9.91. The van der Waals surface area contributed by atoms with E-state index in [-0.39, 0.29) is 5.92 Å². The molecule has 1 aliphatic heterocycles. The molecule has 2 aliphatic rings. The second-order valence-electron chi connectivity index (χ2n) is 6.07. The van der Waals surface area contributed by atoms with Crippen molar-refractivity contribution >= 4 is 5.91 Å². The van der Waals surface area contributed by atoms with E-state index < -0.39 is 0 Å². The van der Waals surface area contributed by atoms with Crippen molar-refractivity contribution in [2.24, 2.45) is 11.3 Å². The monoisotopic (exact) mass is 262 g/mol. The van der Waals surface area contributed by atoms with Crippen molar-refractivity contribution in [3.8, 4) is 0 Å². The Hall–Kier alpha value is -1.29. The maximum atomic E-state index is 12.5. The first kappa shape index (κ1) is 12.7. The molecule has 1 atom stereocenters. The van der Waals surface area contributed by atoms with Gasteiger partial charge in [0.25, 0.3) is 0 Å². The maximum absolute atomic E-state index is 12.5. The summed E-state index contributed by atoms with van der Waals surface area (Å²) < 4.78 is 5.28. The highest BCUT2D eigenvalue weighted by Crippen LogP contribution is 2.59. The minimum absolute atomic E-state index is 0.256. The summed E-state index contributed by atoms with van der Waals surface area (Å²) in [5.74, 6) is 1.47. The van der Waals surface area contributed by atoms with E-state index in [0.717, 1.165) is 43.7 Å². The van der Waals surface area contributed by atoms with E-state index in [0.29, 0.717) is 17.9 Å². The molecule has 19 heavy (non-hydrogen) atoms. The SMILES string of the molecule is Cc1occc1CN(C)C(=O)C1CC12CCNCC2. The van der Waals surface area contributed by atoms with Crippen LogP contribution in [0.25, 0.3) is 0 Å². The summed E-state index contributed by atoms with van der Waals surface area (Å²) in [7, 11) is 1.90. The fraction of sp³-hybridized carbons (Fsp3) is 0.667. The van der Waals surface area contributed by atoms with Gasteiger partial charge in [-0.15, -0.1) is 0 Å². The summed E-state index contributed by atoms with van der Waals surface area (Å²) >= 11 is 0. The van der Waals surface area contributed by atoms with Gasteiger partial charge in [-0.3, -0.25) is 4.79 Å². The molecule has 1 unspecified atom stereocenters. The average Bonchev–Trinajstić information content (AvgIpc) is 2.94. The van der Waals surface area contributed by atoms with Gasteiger partial charge >= 0.3 is 0 Å². The summed E-state index contributed by atoms with van der Waals surface area (Å²) in [6, 6.07) is 1.95. The molecular formula is C15H22N2O2. The van der Waals surface area contributed by atoms with Gasteiger partial charge in [0.15, 0.2) is 0 Å². The first-order valence-electron chi connectivity index (χ1n) is 7.11. The highest BCUT2D eigenvalue weighted by atomic mass is 16.3. The van der Waals surface area contributed by atoms with Crippen LogP contribution in [0.2, 0.25) is 0 Å². The Morgan fingerprint density at radius 1 is 1.53 bits per heavy atom. The zero-order valence-corrected chi connectivity index (χ0v) is 11.7. The number of carbonyl (C=O) groups excluding carboxylic acids is 1. The van der Waals surface area contributed by atoms with Crippen molar-refractivity contribution in [2.75, 3.05) is 20.1 Å². The van der Waals surface area contributed by atoms with Gasteiger partial charge in [0.2, 0.25) is 5.91 Å². The van der Waals surface area contributed by atoms with E-state index in [4.69, 9.17) is 4.42 Å². The van der Waals surface area contributed by atoms with Gasteiger partial charge < -0.3 is 14.6 Å². The molecule has 1 spiro atoms. The average molecular weight is 262 g/mol. The number of hydrogen-bond acceptors (Lipinski definition) is 3. The van der Waals surface area contributed by atoms with E-state index in [1.54, 1.807) is 6.26 Å². The standard InChI is InChI=1S/C15H22N2O2/c1-11-12(3-8-19-11)10-17(2)14(18)13-9-15(13)4-6-16-7-5-15/h3,8,13,16H,4-7,9-10H2,1-2H3. The second kappa shape index (κ2) is 4.67. The topological polar surface area (TPSA) is 45.5 Å². The van der Waals surface area contributed by atoms with Crippen LogP contribution in [-0.2, 0) is 11.3 Å². The molecule has 1 amide bonds. The van der Waals surface area contributed by atoms with Gasteiger partial charge in [-0.05, 0) is 50.8 Å². The van der Waals surface area contributed by atoms with Gasteiger partial charge in [-0.25, -0.2) is 0 Å². The Morgan fingerprint density at radius 3 is 2.89 bits per heavy atom. The number of nitrogens with one attached hydrogen (secondary N) is 1. The molecule has 1 aromatic heterocycles. The highest BCUT2D eigenvalue weighted by molar-refractivity contribution is 5.82. The molecule has 1 aliphatic carbocycles. The van der Waals surface area contributed by atoms with Crippen LogP contribution in [0.5, 0.6) is 0 Å². The van der Waals surface area contributed by atoms with Crippen LogP contribution in [0.4, 0.5) is 0 Å². The molecule has 4 nitrogen and oxygen atoms in total. The third-order valence-corrected chi connectivity index (χ3v) is 4.84. The number of amides is 1. The van der Waals surface area contributed by atoms with E-state index >= 15 is 0 Å². The lowest BCUT2D eigenvalue weighted by molar-refractivity contribution is -0.132. The molecule has 104 valence electrons. The van der Waals surface area contributed by atoms with E-state index in [9.17, 15) is 4.79 Å². The number of nitrogens with zero attached hydrogens (tertiary/aromatic N) is 1. The van der Waals surface area contributed by atoms with Crippen LogP contribution in [0.1, 0.15) is 30.6 Å². The summed E-state index contributed by atoms with van der Waals surface area (Å²) in [5, 5.41) is 3.38. The van der Waals surface area contributed by atoms with Crippen LogP contribution >= 0.6 is 0 Å². The molecule has 3 rings (SSSR count). The van der Waals surface area contributed by atoms with Gasteiger partial charge in [-0.1, -0.05) is 0 Å². The Morgan fingerprint density at radius 2 is 2.26 bits per heavy atom. The number of rotatable bonds is 3. The predicted molar refractivity (Wildman–Crippen MR) is 72.6 cm³/mol. The quantitative estimate of drug-likeness (QED) is 0.905. The first-order chi connectivity index (χ1) is 9.12. The Labute approximate surface area is 114 Å². The van der Waals surface area contributed by atoms with Crippen molar-refractivity contribution in [1.29, 1.82) is 0 Å². The van der Waals surface area contributed by atoms with Crippen LogP contribution in [0, 0.1) is 18.3 Å². The summed E-state index contributed by atoms with van der Waals surface area (Å²) in [6.07, 6.45) is 5.08. The van der Waals surface area contributed by atoms with Crippen LogP contribution < -0.4 is 5.32 Å². The number of furan rings is 1. The van der Waals surface area contributed by atoms with Gasteiger partial charge in [0, 0.05) is 25.1 Å². The Bertz CT molecular complexity index is 474. The number of hydrogen-bond donors (Lipinski definition) is 1. The Kier molecular flexibility index (Phi) is 3.13. The molecule has 2 fully saturated rings. The molecule has 4 heteroatoms. The molecule has 1 saturated heterocycles. The number of carbonyl (C=O) groups is 1. The minimum Gasteiger partial charge on any atom is -0.469 e. The first-order valence-corrected chi connectivity index (χ1v) is 7.11. The molecule has 0 radical (unpaired) electrons. The molecule has 1 aromatic rings. The minimum atomic E-state index is 0.256. The largest absolute Gasteiger partial charge is 0.469 e. The van der Waals surface area contributed by atoms with Crippen LogP contribution in [0.15, 0.2) is 16.7 Å². The third kappa shape index (κ3) is 2.29. The Balaban J connectivity index is 1.60. The van der Waals surface area contributed by atoms with Crippen molar-refractivity contribution in [3.05, 3.63) is 23.7 Å². The molecular weight excluding hydrogens is 240 g/mol. The molecule has 0 bridgehead atoms. The number of aryl methyl sites for hydroxylation is 1. The zero-order valence-electron chi connectivity index (χ0n) is 11.7. The zero-order chi connectivity index (χ0) is 13.5. The summed E-state index contributed by atoms with van der Waals surface area (Å²) in [6.45, 7) is 4.73. The normalized spacial score (nSPS) is 24.4. The van der Waals surface area contributed by atoms with Gasteiger partial charge in [0.1, 0.15) is 5.76 Å². The van der Waals surface area contributed by atoms with Crippen molar-refractivity contribution in [3.63, 3.8) is 0 Å². The van der Waals surface area contributed by atoms with Gasteiger partial charge in [0.05, 0.1) is 6.26 Å². The van der Waals surface area contributed by atoms with Crippen LogP contribution in [0.3, 0.4) is 0 Å². The maximum Gasteiger partial charge on any atom is 0.226 e. The number of piperidine rings is 1. The fourth-order valence-corrected chi connectivity index (χ4v) is 3.35. The van der Waals surface area contributed by atoms with Crippen molar-refractivity contribution in [2.45, 2.75) is 32.7 Å². The molecule has 1 N–H and O–H groups in total. The highest BCUT2D eigenvalue weighted by Gasteiger charge is 2.58. The molecule has 1 saturated carbocycles. The van der Waals surface area contributed by atoms with Crippen molar-refractivity contribution < 1.29 is 9.21 Å². The molecule has 2 heterocycles. The lowest BCUT2D eigenvalue weighted by Gasteiger charge is -2.25. The predicted octanol–water partition coefficient (Wildman–Crippen LogP) is 1.94. The smallest absolute Gasteiger partial charge is 0.226 e. The fourth-order valence-electron chi connectivity index (χ4n) is 3.35. The van der Waals surface area contributed by atoms with Crippen LogP contribution in [-0.4, -0.2) is 30.9 Å². The summed E-state index contributed by atoms with van der Waals surface area (Å²) in [5.41, 5.74) is 1.43. The third-order valence-electron chi connectivity index (χ3n) is 4.84. The van der Waals surface area contributed by atoms with Gasteiger partial charge in [-0.2, -0.15) is 0 Å². The van der Waals surface area contributed by atoms with E-state index in [1.165, 1.54) is 0 Å². The second-order valence-corrected chi connectivity index (χ2v) is 6.07. The van der Waals surface area contributed by atoms with E-state index in [1.807, 2.05) is 24.9 Å². The van der Waals surface area contributed by atoms with Crippen molar-refractivity contribution in [1.82, 2.24) is 10.2 Å². The molecule has 0 aromatic carbocycles.